The zero-order valence-corrected chi connectivity index (χ0v) is 13.4. The van der Waals surface area contributed by atoms with E-state index < -0.39 is 0 Å². The topological polar surface area (TPSA) is 72.2 Å². The van der Waals surface area contributed by atoms with Crippen molar-refractivity contribution in [1.29, 1.82) is 0 Å². The first-order valence-electron chi connectivity index (χ1n) is 7.38. The van der Waals surface area contributed by atoms with Gasteiger partial charge in [-0.25, -0.2) is 0 Å². The van der Waals surface area contributed by atoms with Gasteiger partial charge in [0.25, 0.3) is 5.69 Å². The van der Waals surface area contributed by atoms with Crippen molar-refractivity contribution in [3.63, 3.8) is 0 Å². The van der Waals surface area contributed by atoms with E-state index in [-0.39, 0.29) is 10.6 Å². The van der Waals surface area contributed by atoms with Crippen molar-refractivity contribution in [1.82, 2.24) is 10.2 Å². The molecule has 0 saturated heterocycles. The van der Waals surface area contributed by atoms with E-state index in [9.17, 15) is 10.1 Å². The van der Waals surface area contributed by atoms with E-state index in [1.54, 1.807) is 23.5 Å². The highest BCUT2D eigenvalue weighted by Gasteiger charge is 2.32. The average Bonchev–Trinajstić information content (AvgIpc) is 3.20. The summed E-state index contributed by atoms with van der Waals surface area (Å²) in [6, 6.07) is 7.34. The molecule has 0 radical (unpaired) electrons. The molecule has 1 saturated carbocycles. The van der Waals surface area contributed by atoms with Gasteiger partial charge in [0.05, 0.1) is 11.5 Å². The van der Waals surface area contributed by atoms with E-state index in [0.717, 1.165) is 28.5 Å². The molecular weight excluding hydrogens is 300 g/mol. The van der Waals surface area contributed by atoms with Crippen LogP contribution in [0.2, 0.25) is 0 Å². The van der Waals surface area contributed by atoms with Crippen LogP contribution in [-0.4, -0.2) is 21.2 Å². The Kier molecular flexibility index (Phi) is 4.06. The molecule has 2 aromatic rings. The zero-order chi connectivity index (χ0) is 15.7. The lowest BCUT2D eigenvalue weighted by Gasteiger charge is -2.20. The molecule has 22 heavy (non-hydrogen) atoms. The Morgan fingerprint density at radius 1 is 1.36 bits per heavy atom. The summed E-state index contributed by atoms with van der Waals surface area (Å²) >= 11 is 1.58. The van der Waals surface area contributed by atoms with E-state index in [0.29, 0.717) is 18.5 Å². The Bertz CT molecular complexity index is 682. The minimum atomic E-state index is -0.319. The molecule has 0 aliphatic heterocycles. The quantitative estimate of drug-likeness (QED) is 0.599. The number of nitro benzene ring substituents is 1. The molecule has 1 heterocycles. The molecule has 1 fully saturated rings. The largest absolute Gasteiger partial charge is 0.339 e. The summed E-state index contributed by atoms with van der Waals surface area (Å²) in [5.41, 5.74) is 0.891. The number of aromatic nitrogens is 2. The first-order chi connectivity index (χ1) is 10.6. The SMILES string of the molecule is CC(C)c1nnc(N(Cc2ccccc2[N+](=O)[O-])C2CC2)s1. The van der Waals surface area contributed by atoms with Gasteiger partial charge < -0.3 is 4.90 Å². The van der Waals surface area contributed by atoms with Gasteiger partial charge in [-0.3, -0.25) is 10.1 Å². The molecule has 6 nitrogen and oxygen atoms in total. The molecule has 1 aliphatic rings. The minimum Gasteiger partial charge on any atom is -0.339 e. The maximum absolute atomic E-state index is 11.2. The monoisotopic (exact) mass is 318 g/mol. The fraction of sp³-hybridized carbons (Fsp3) is 0.467. The van der Waals surface area contributed by atoms with Crippen molar-refractivity contribution in [2.45, 2.75) is 45.2 Å². The van der Waals surface area contributed by atoms with E-state index >= 15 is 0 Å². The van der Waals surface area contributed by atoms with Gasteiger partial charge >= 0.3 is 0 Å². The Morgan fingerprint density at radius 3 is 2.68 bits per heavy atom. The van der Waals surface area contributed by atoms with Crippen LogP contribution in [0.5, 0.6) is 0 Å². The highest BCUT2D eigenvalue weighted by molar-refractivity contribution is 7.15. The van der Waals surface area contributed by atoms with Crippen molar-refractivity contribution in [2.24, 2.45) is 0 Å². The highest BCUT2D eigenvalue weighted by atomic mass is 32.1. The first kappa shape index (κ1) is 14.9. The molecule has 116 valence electrons. The third-order valence-electron chi connectivity index (χ3n) is 3.69. The van der Waals surface area contributed by atoms with Crippen LogP contribution >= 0.6 is 11.3 Å². The molecule has 0 unspecified atom stereocenters. The van der Waals surface area contributed by atoms with Crippen LogP contribution < -0.4 is 4.90 Å². The van der Waals surface area contributed by atoms with Crippen LogP contribution in [0.25, 0.3) is 0 Å². The lowest BCUT2D eigenvalue weighted by molar-refractivity contribution is -0.385. The lowest BCUT2D eigenvalue weighted by Crippen LogP contribution is -2.25. The first-order valence-corrected chi connectivity index (χ1v) is 8.20. The fourth-order valence-corrected chi connectivity index (χ4v) is 3.24. The van der Waals surface area contributed by atoms with Crippen molar-refractivity contribution in [2.75, 3.05) is 4.90 Å². The molecule has 0 spiro atoms. The molecule has 1 aliphatic carbocycles. The second-order valence-corrected chi connectivity index (χ2v) is 6.81. The predicted molar refractivity (Wildman–Crippen MR) is 86.3 cm³/mol. The van der Waals surface area contributed by atoms with Crippen LogP contribution in [0.1, 0.15) is 43.2 Å². The van der Waals surface area contributed by atoms with E-state index in [2.05, 4.69) is 28.9 Å². The van der Waals surface area contributed by atoms with Crippen LogP contribution in [0, 0.1) is 10.1 Å². The second kappa shape index (κ2) is 6.00. The Hall–Kier alpha value is -2.02. The maximum atomic E-state index is 11.2. The van der Waals surface area contributed by atoms with Crippen LogP contribution in [0.3, 0.4) is 0 Å². The van der Waals surface area contributed by atoms with Crippen molar-refractivity contribution < 1.29 is 4.92 Å². The molecule has 3 rings (SSSR count). The van der Waals surface area contributed by atoms with E-state index in [1.807, 2.05) is 12.1 Å². The number of nitro groups is 1. The van der Waals surface area contributed by atoms with Gasteiger partial charge in [-0.15, -0.1) is 10.2 Å². The van der Waals surface area contributed by atoms with Gasteiger partial charge in [0.1, 0.15) is 5.01 Å². The summed E-state index contributed by atoms with van der Waals surface area (Å²) in [6.45, 7) is 4.69. The van der Waals surface area contributed by atoms with Gasteiger partial charge in [0.15, 0.2) is 0 Å². The maximum Gasteiger partial charge on any atom is 0.274 e. The van der Waals surface area contributed by atoms with E-state index in [4.69, 9.17) is 0 Å². The number of nitrogens with zero attached hydrogens (tertiary/aromatic N) is 4. The third-order valence-corrected chi connectivity index (χ3v) is 4.95. The standard InChI is InChI=1S/C15H18N4O2S/c1-10(2)14-16-17-15(22-14)18(12-7-8-12)9-11-5-3-4-6-13(11)19(20)21/h3-6,10,12H,7-9H2,1-2H3. The third kappa shape index (κ3) is 3.09. The molecule has 0 amide bonds. The number of benzene rings is 1. The molecule has 1 aromatic carbocycles. The van der Waals surface area contributed by atoms with Gasteiger partial charge in [-0.05, 0) is 12.8 Å². The summed E-state index contributed by atoms with van der Waals surface area (Å²) in [5.74, 6) is 0.346. The van der Waals surface area contributed by atoms with Crippen molar-refractivity contribution in [3.8, 4) is 0 Å². The molecule has 0 bridgehead atoms. The van der Waals surface area contributed by atoms with Crippen LogP contribution in [0.4, 0.5) is 10.8 Å². The molecule has 1 aromatic heterocycles. The number of anilines is 1. The van der Waals surface area contributed by atoms with Crippen LogP contribution in [0.15, 0.2) is 24.3 Å². The van der Waals surface area contributed by atoms with Gasteiger partial charge in [-0.1, -0.05) is 43.4 Å². The molecular formula is C15H18N4O2S. The number of hydrogen-bond donors (Lipinski definition) is 0. The molecule has 0 N–H and O–H groups in total. The molecule has 0 atom stereocenters. The predicted octanol–water partition coefficient (Wildman–Crippen LogP) is 3.74. The summed E-state index contributed by atoms with van der Waals surface area (Å²) in [7, 11) is 0. The Balaban J connectivity index is 1.88. The lowest BCUT2D eigenvalue weighted by atomic mass is 10.1. The summed E-state index contributed by atoms with van der Waals surface area (Å²) < 4.78 is 0. The van der Waals surface area contributed by atoms with Crippen molar-refractivity contribution >= 4 is 22.2 Å². The Morgan fingerprint density at radius 2 is 2.09 bits per heavy atom. The summed E-state index contributed by atoms with van der Waals surface area (Å²) in [5, 5.41) is 21.6. The summed E-state index contributed by atoms with van der Waals surface area (Å²) in [6.07, 6.45) is 2.22. The number of rotatable bonds is 6. The summed E-state index contributed by atoms with van der Waals surface area (Å²) in [4.78, 5) is 13.0. The van der Waals surface area contributed by atoms with E-state index in [1.165, 1.54) is 0 Å². The van der Waals surface area contributed by atoms with Gasteiger partial charge in [0, 0.05) is 23.6 Å². The van der Waals surface area contributed by atoms with Crippen LogP contribution in [-0.2, 0) is 6.54 Å². The normalized spacial score (nSPS) is 14.3. The van der Waals surface area contributed by atoms with Crippen molar-refractivity contribution in [3.05, 3.63) is 45.0 Å². The van der Waals surface area contributed by atoms with Gasteiger partial charge in [0.2, 0.25) is 5.13 Å². The van der Waals surface area contributed by atoms with Gasteiger partial charge in [-0.2, -0.15) is 0 Å². The fourth-order valence-electron chi connectivity index (χ4n) is 2.32. The average molecular weight is 318 g/mol. The highest BCUT2D eigenvalue weighted by Crippen LogP contribution is 2.36. The minimum absolute atomic E-state index is 0.168. The Labute approximate surface area is 132 Å². The number of para-hydroxylation sites is 1. The second-order valence-electron chi connectivity index (χ2n) is 5.82. The smallest absolute Gasteiger partial charge is 0.274 e. The zero-order valence-electron chi connectivity index (χ0n) is 12.6. The molecule has 7 heteroatoms. The number of hydrogen-bond acceptors (Lipinski definition) is 6.